The van der Waals surface area contributed by atoms with E-state index < -0.39 is 0 Å². The summed E-state index contributed by atoms with van der Waals surface area (Å²) in [6.45, 7) is 7.17. The molecule has 1 aliphatic carbocycles. The molecule has 0 fully saturated rings. The molecule has 3 aromatic heterocycles. The second kappa shape index (κ2) is 8.76. The largest absolute Gasteiger partial charge is 0.488 e. The van der Waals surface area contributed by atoms with E-state index >= 15 is 0 Å². The molecule has 0 saturated carbocycles. The number of aromatic amines is 1. The van der Waals surface area contributed by atoms with Gasteiger partial charge in [-0.3, -0.25) is 14.2 Å². The Morgan fingerprint density at radius 3 is 2.87 bits per heavy atom. The number of aromatic nitrogens is 3. The van der Waals surface area contributed by atoms with Gasteiger partial charge in [-0.05, 0) is 43.6 Å². The minimum atomic E-state index is -0.168. The van der Waals surface area contributed by atoms with Crippen LogP contribution in [0.4, 0.5) is 0 Å². The molecular formula is C23H29N3O3S. The van der Waals surface area contributed by atoms with Gasteiger partial charge >= 0.3 is 0 Å². The van der Waals surface area contributed by atoms with Crippen LogP contribution >= 0.6 is 11.3 Å². The lowest BCUT2D eigenvalue weighted by Gasteiger charge is -2.18. The second-order valence-corrected chi connectivity index (χ2v) is 9.32. The van der Waals surface area contributed by atoms with Crippen molar-refractivity contribution >= 4 is 21.6 Å². The number of pyridine rings is 1. The Balaban J connectivity index is 1.77. The standard InChI is InChI=1S/C23H29N3O3S/c1-4-6-20-25-22-21(16-8-7-14(3)10-19(16)30-22)23(28)26(20)13-15-11-17(27)18(12-24-15)29-9-5-2/h11-12,14H,4-10,13H2,1-3H3,(H,24,27). The summed E-state index contributed by atoms with van der Waals surface area (Å²) < 4.78 is 7.22. The van der Waals surface area contributed by atoms with E-state index in [1.54, 1.807) is 22.1 Å². The molecule has 1 N–H and O–H groups in total. The van der Waals surface area contributed by atoms with Crippen LogP contribution in [0.1, 0.15) is 62.0 Å². The summed E-state index contributed by atoms with van der Waals surface area (Å²) in [5.74, 6) is 1.76. The zero-order valence-electron chi connectivity index (χ0n) is 17.9. The van der Waals surface area contributed by atoms with Crippen LogP contribution < -0.4 is 15.7 Å². The monoisotopic (exact) mass is 427 g/mol. The van der Waals surface area contributed by atoms with E-state index in [1.807, 2.05) is 6.92 Å². The van der Waals surface area contributed by atoms with Crippen molar-refractivity contribution in [2.24, 2.45) is 5.92 Å². The Hall–Kier alpha value is -2.41. The minimum Gasteiger partial charge on any atom is -0.488 e. The third-order valence-corrected chi connectivity index (χ3v) is 6.84. The van der Waals surface area contributed by atoms with Crippen molar-refractivity contribution in [3.05, 3.63) is 54.8 Å². The molecule has 30 heavy (non-hydrogen) atoms. The first kappa shape index (κ1) is 20.8. The molecule has 0 spiro atoms. The van der Waals surface area contributed by atoms with Crippen LogP contribution in [0.5, 0.6) is 5.75 Å². The van der Waals surface area contributed by atoms with Crippen molar-refractivity contribution in [2.75, 3.05) is 6.61 Å². The Morgan fingerprint density at radius 1 is 1.30 bits per heavy atom. The number of nitrogens with one attached hydrogen (secondary N) is 1. The van der Waals surface area contributed by atoms with E-state index in [4.69, 9.17) is 9.72 Å². The molecule has 7 heteroatoms. The molecule has 1 aliphatic rings. The molecule has 1 atom stereocenters. The molecule has 4 rings (SSSR count). The van der Waals surface area contributed by atoms with Crippen molar-refractivity contribution in [1.29, 1.82) is 0 Å². The van der Waals surface area contributed by atoms with Gasteiger partial charge in [0.05, 0.1) is 18.5 Å². The van der Waals surface area contributed by atoms with Gasteiger partial charge in [-0.25, -0.2) is 4.98 Å². The van der Waals surface area contributed by atoms with Crippen molar-refractivity contribution in [3.63, 3.8) is 0 Å². The SMILES string of the molecule is CCCOc1c[nH]c(Cn2c(CCC)nc3sc4c(c3c2=O)CCC(C)C4)cc1=O. The molecule has 0 aliphatic heterocycles. The average Bonchev–Trinajstić information content (AvgIpc) is 3.07. The number of rotatable bonds is 7. The highest BCUT2D eigenvalue weighted by Gasteiger charge is 2.24. The molecule has 3 heterocycles. The maximum absolute atomic E-state index is 13.5. The van der Waals surface area contributed by atoms with Crippen LogP contribution in [-0.4, -0.2) is 21.1 Å². The highest BCUT2D eigenvalue weighted by atomic mass is 32.1. The van der Waals surface area contributed by atoms with E-state index in [9.17, 15) is 9.59 Å². The summed E-state index contributed by atoms with van der Waals surface area (Å²) in [6, 6.07) is 1.53. The summed E-state index contributed by atoms with van der Waals surface area (Å²) in [7, 11) is 0. The normalized spacial score (nSPS) is 16.0. The van der Waals surface area contributed by atoms with Crippen LogP contribution in [0.2, 0.25) is 0 Å². The summed E-state index contributed by atoms with van der Waals surface area (Å²) in [4.78, 5) is 36.1. The fourth-order valence-electron chi connectivity index (χ4n) is 4.13. The highest BCUT2D eigenvalue weighted by molar-refractivity contribution is 7.18. The van der Waals surface area contributed by atoms with Crippen molar-refractivity contribution in [2.45, 2.75) is 65.8 Å². The number of hydrogen-bond acceptors (Lipinski definition) is 5. The zero-order valence-corrected chi connectivity index (χ0v) is 18.7. The fourth-order valence-corrected chi connectivity index (χ4v) is 5.52. The minimum absolute atomic E-state index is 0.0164. The predicted molar refractivity (Wildman–Crippen MR) is 121 cm³/mol. The quantitative estimate of drug-likeness (QED) is 0.617. The third-order valence-electron chi connectivity index (χ3n) is 5.69. The smallest absolute Gasteiger partial charge is 0.262 e. The van der Waals surface area contributed by atoms with Gasteiger partial charge in [0.15, 0.2) is 5.75 Å². The van der Waals surface area contributed by atoms with Gasteiger partial charge in [-0.15, -0.1) is 11.3 Å². The molecule has 0 amide bonds. The van der Waals surface area contributed by atoms with Crippen LogP contribution in [0.15, 0.2) is 21.9 Å². The van der Waals surface area contributed by atoms with Gasteiger partial charge in [-0.2, -0.15) is 0 Å². The Morgan fingerprint density at radius 2 is 2.13 bits per heavy atom. The fraction of sp³-hybridized carbons (Fsp3) is 0.522. The third kappa shape index (κ3) is 3.95. The Bertz CT molecular complexity index is 1170. The number of thiophene rings is 1. The maximum atomic E-state index is 13.5. The van der Waals surface area contributed by atoms with Crippen LogP contribution in [0.25, 0.3) is 10.2 Å². The number of ether oxygens (including phenoxy) is 1. The first-order valence-electron chi connectivity index (χ1n) is 10.9. The Kier molecular flexibility index (Phi) is 6.09. The molecule has 0 aromatic carbocycles. The lowest BCUT2D eigenvalue weighted by molar-refractivity contribution is 0.313. The molecule has 160 valence electrons. The average molecular weight is 428 g/mol. The van der Waals surface area contributed by atoms with E-state index in [-0.39, 0.29) is 11.0 Å². The number of fused-ring (bicyclic) bond motifs is 3. The van der Waals surface area contributed by atoms with Gasteiger partial charge in [0.1, 0.15) is 10.7 Å². The number of nitrogens with zero attached hydrogens (tertiary/aromatic N) is 2. The van der Waals surface area contributed by atoms with Gasteiger partial charge in [-0.1, -0.05) is 20.8 Å². The van der Waals surface area contributed by atoms with E-state index in [0.717, 1.165) is 54.6 Å². The van der Waals surface area contributed by atoms with E-state index in [2.05, 4.69) is 18.8 Å². The summed E-state index contributed by atoms with van der Waals surface area (Å²) in [6.07, 6.45) is 7.16. The lowest BCUT2D eigenvalue weighted by Crippen LogP contribution is -2.27. The van der Waals surface area contributed by atoms with Crippen molar-refractivity contribution < 1.29 is 4.74 Å². The molecule has 6 nitrogen and oxygen atoms in total. The molecule has 0 saturated heterocycles. The van der Waals surface area contributed by atoms with E-state index in [1.165, 1.54) is 16.5 Å². The van der Waals surface area contributed by atoms with Crippen molar-refractivity contribution in [1.82, 2.24) is 14.5 Å². The first-order valence-corrected chi connectivity index (χ1v) is 11.7. The molecule has 0 bridgehead atoms. The number of H-pyrrole nitrogens is 1. The lowest BCUT2D eigenvalue weighted by atomic mass is 9.89. The number of aryl methyl sites for hydroxylation is 2. The molecular weight excluding hydrogens is 398 g/mol. The van der Waals surface area contributed by atoms with Gasteiger partial charge in [0.25, 0.3) is 5.56 Å². The second-order valence-electron chi connectivity index (χ2n) is 8.24. The summed E-state index contributed by atoms with van der Waals surface area (Å²) in [5.41, 5.74) is 1.72. The van der Waals surface area contributed by atoms with Gasteiger partial charge in [0.2, 0.25) is 5.43 Å². The van der Waals surface area contributed by atoms with E-state index in [0.29, 0.717) is 30.5 Å². The predicted octanol–water partition coefficient (Wildman–Crippen LogP) is 4.06. The summed E-state index contributed by atoms with van der Waals surface area (Å²) in [5, 5.41) is 0.784. The van der Waals surface area contributed by atoms with Crippen molar-refractivity contribution in [3.8, 4) is 5.75 Å². The zero-order chi connectivity index (χ0) is 21.3. The van der Waals surface area contributed by atoms with Gasteiger partial charge < -0.3 is 9.72 Å². The maximum Gasteiger partial charge on any atom is 0.262 e. The topological polar surface area (TPSA) is 77.0 Å². The van der Waals surface area contributed by atoms with Gasteiger partial charge in [0, 0.05) is 29.3 Å². The first-order chi connectivity index (χ1) is 14.5. The molecule has 1 unspecified atom stereocenters. The molecule has 3 aromatic rings. The number of hydrogen-bond donors (Lipinski definition) is 1. The van der Waals surface area contributed by atoms with Crippen LogP contribution in [0, 0.1) is 5.92 Å². The van der Waals surface area contributed by atoms with Crippen LogP contribution in [0.3, 0.4) is 0 Å². The molecule has 0 radical (unpaired) electrons. The Labute approximate surface area is 179 Å². The summed E-state index contributed by atoms with van der Waals surface area (Å²) >= 11 is 1.69. The van der Waals surface area contributed by atoms with Crippen LogP contribution in [-0.2, 0) is 25.8 Å². The highest BCUT2D eigenvalue weighted by Crippen LogP contribution is 2.35.